The molecule has 0 aliphatic carbocycles. The molecule has 2 aromatic carbocycles. The lowest BCUT2D eigenvalue weighted by atomic mass is 9.98. The third kappa shape index (κ3) is 3.82. The number of benzene rings is 2. The molecule has 100 valence electrons. The standard InChI is InChI=1S/C17H20ClN/c1-2-5-13-8-10-14(11-9-13)17(19)12-15-6-3-4-7-16(15)18/h3-4,6-11,17H,2,5,12,19H2,1H3. The number of aryl methyl sites for hydroxylation is 1. The van der Waals surface area contributed by atoms with E-state index in [9.17, 15) is 0 Å². The first kappa shape index (κ1) is 14.1. The minimum Gasteiger partial charge on any atom is -0.324 e. The van der Waals surface area contributed by atoms with Gasteiger partial charge in [-0.3, -0.25) is 0 Å². The van der Waals surface area contributed by atoms with Crippen LogP contribution in [0.25, 0.3) is 0 Å². The van der Waals surface area contributed by atoms with E-state index in [0.29, 0.717) is 0 Å². The lowest BCUT2D eigenvalue weighted by molar-refractivity contribution is 0.721. The van der Waals surface area contributed by atoms with Crippen LogP contribution in [0.3, 0.4) is 0 Å². The molecule has 0 radical (unpaired) electrons. The van der Waals surface area contributed by atoms with Crippen molar-refractivity contribution in [2.45, 2.75) is 32.2 Å². The zero-order valence-electron chi connectivity index (χ0n) is 11.3. The first-order valence-corrected chi connectivity index (χ1v) is 7.16. The van der Waals surface area contributed by atoms with Crippen molar-refractivity contribution in [2.24, 2.45) is 5.73 Å². The van der Waals surface area contributed by atoms with Gasteiger partial charge in [0, 0.05) is 11.1 Å². The second-order valence-corrected chi connectivity index (χ2v) is 5.30. The highest BCUT2D eigenvalue weighted by Crippen LogP contribution is 2.22. The highest BCUT2D eigenvalue weighted by atomic mass is 35.5. The average Bonchev–Trinajstić information content (AvgIpc) is 2.42. The molecule has 1 nitrogen and oxygen atoms in total. The van der Waals surface area contributed by atoms with Crippen LogP contribution in [0.1, 0.15) is 36.1 Å². The van der Waals surface area contributed by atoms with Crippen LogP contribution in [0.5, 0.6) is 0 Å². The summed E-state index contributed by atoms with van der Waals surface area (Å²) in [5, 5.41) is 0.792. The van der Waals surface area contributed by atoms with E-state index in [0.717, 1.165) is 23.4 Å². The SMILES string of the molecule is CCCc1ccc(C(N)Cc2ccccc2Cl)cc1. The lowest BCUT2D eigenvalue weighted by Gasteiger charge is -2.13. The van der Waals surface area contributed by atoms with Gasteiger partial charge in [0.1, 0.15) is 0 Å². The van der Waals surface area contributed by atoms with Crippen molar-refractivity contribution in [3.05, 3.63) is 70.2 Å². The molecule has 0 heterocycles. The van der Waals surface area contributed by atoms with E-state index in [2.05, 4.69) is 31.2 Å². The van der Waals surface area contributed by atoms with Crippen LogP contribution in [0.15, 0.2) is 48.5 Å². The van der Waals surface area contributed by atoms with Gasteiger partial charge in [-0.05, 0) is 35.6 Å². The molecular weight excluding hydrogens is 254 g/mol. The van der Waals surface area contributed by atoms with Gasteiger partial charge in [0.05, 0.1) is 0 Å². The van der Waals surface area contributed by atoms with Crippen LogP contribution < -0.4 is 5.73 Å². The summed E-state index contributed by atoms with van der Waals surface area (Å²) in [6, 6.07) is 16.5. The van der Waals surface area contributed by atoms with Gasteiger partial charge >= 0.3 is 0 Å². The Morgan fingerprint density at radius 2 is 1.74 bits per heavy atom. The van der Waals surface area contributed by atoms with Gasteiger partial charge in [-0.2, -0.15) is 0 Å². The molecule has 19 heavy (non-hydrogen) atoms. The maximum atomic E-state index is 6.26. The Bertz CT molecular complexity index is 519. The zero-order valence-corrected chi connectivity index (χ0v) is 12.0. The van der Waals surface area contributed by atoms with Crippen LogP contribution in [-0.4, -0.2) is 0 Å². The van der Waals surface area contributed by atoms with Crippen molar-refractivity contribution in [2.75, 3.05) is 0 Å². The molecule has 2 rings (SSSR count). The Kier molecular flexibility index (Phi) is 5.00. The summed E-state index contributed by atoms with van der Waals surface area (Å²) in [5.74, 6) is 0. The molecule has 0 spiro atoms. The van der Waals surface area contributed by atoms with Crippen molar-refractivity contribution in [1.82, 2.24) is 0 Å². The molecule has 0 aliphatic rings. The Morgan fingerprint density at radius 3 is 2.37 bits per heavy atom. The summed E-state index contributed by atoms with van der Waals surface area (Å²) in [7, 11) is 0. The van der Waals surface area contributed by atoms with E-state index in [1.807, 2.05) is 24.3 Å². The predicted octanol–water partition coefficient (Wildman–Crippen LogP) is 4.54. The van der Waals surface area contributed by atoms with Crippen LogP contribution in [0.4, 0.5) is 0 Å². The number of halogens is 1. The number of hydrogen-bond donors (Lipinski definition) is 1. The van der Waals surface area contributed by atoms with E-state index in [-0.39, 0.29) is 6.04 Å². The molecule has 2 aromatic rings. The maximum Gasteiger partial charge on any atom is 0.0438 e. The van der Waals surface area contributed by atoms with Gasteiger partial charge in [-0.1, -0.05) is 67.4 Å². The molecule has 2 N–H and O–H groups in total. The molecule has 1 unspecified atom stereocenters. The average molecular weight is 274 g/mol. The molecule has 1 atom stereocenters. The molecule has 0 amide bonds. The topological polar surface area (TPSA) is 26.0 Å². The predicted molar refractivity (Wildman–Crippen MR) is 82.5 cm³/mol. The summed E-state index contributed by atoms with van der Waals surface area (Å²) in [6.07, 6.45) is 3.07. The normalized spacial score (nSPS) is 12.4. The number of rotatable bonds is 5. The second kappa shape index (κ2) is 6.74. The van der Waals surface area contributed by atoms with Gasteiger partial charge in [0.25, 0.3) is 0 Å². The summed E-state index contributed by atoms with van der Waals surface area (Å²) in [5.41, 5.74) is 9.91. The van der Waals surface area contributed by atoms with E-state index >= 15 is 0 Å². The summed E-state index contributed by atoms with van der Waals surface area (Å²) in [4.78, 5) is 0. The molecule has 0 aliphatic heterocycles. The van der Waals surface area contributed by atoms with Crippen LogP contribution in [0.2, 0.25) is 5.02 Å². The van der Waals surface area contributed by atoms with Crippen molar-refractivity contribution >= 4 is 11.6 Å². The van der Waals surface area contributed by atoms with Crippen molar-refractivity contribution in [3.63, 3.8) is 0 Å². The summed E-state index contributed by atoms with van der Waals surface area (Å²) >= 11 is 6.17. The third-order valence-electron chi connectivity index (χ3n) is 3.34. The quantitative estimate of drug-likeness (QED) is 0.851. The number of hydrogen-bond acceptors (Lipinski definition) is 1. The van der Waals surface area contributed by atoms with Crippen LogP contribution in [-0.2, 0) is 12.8 Å². The first-order valence-electron chi connectivity index (χ1n) is 6.78. The van der Waals surface area contributed by atoms with E-state index in [1.54, 1.807) is 0 Å². The molecule has 0 saturated carbocycles. The van der Waals surface area contributed by atoms with E-state index in [1.165, 1.54) is 17.5 Å². The minimum atomic E-state index is -0.00410. The largest absolute Gasteiger partial charge is 0.324 e. The van der Waals surface area contributed by atoms with Gasteiger partial charge in [-0.15, -0.1) is 0 Å². The minimum absolute atomic E-state index is 0.00410. The fraction of sp³-hybridized carbons (Fsp3) is 0.294. The van der Waals surface area contributed by atoms with Crippen molar-refractivity contribution < 1.29 is 0 Å². The van der Waals surface area contributed by atoms with Gasteiger partial charge in [0.2, 0.25) is 0 Å². The number of nitrogens with two attached hydrogens (primary N) is 1. The van der Waals surface area contributed by atoms with E-state index in [4.69, 9.17) is 17.3 Å². The molecule has 0 aromatic heterocycles. The molecule has 2 heteroatoms. The molecular formula is C17H20ClN. The van der Waals surface area contributed by atoms with Crippen molar-refractivity contribution in [3.8, 4) is 0 Å². The smallest absolute Gasteiger partial charge is 0.0438 e. The fourth-order valence-electron chi connectivity index (χ4n) is 2.24. The third-order valence-corrected chi connectivity index (χ3v) is 3.71. The Morgan fingerprint density at radius 1 is 1.05 bits per heavy atom. The van der Waals surface area contributed by atoms with Crippen LogP contribution in [0, 0.1) is 0 Å². The zero-order chi connectivity index (χ0) is 13.7. The molecule has 0 saturated heterocycles. The highest BCUT2D eigenvalue weighted by molar-refractivity contribution is 6.31. The lowest BCUT2D eigenvalue weighted by Crippen LogP contribution is -2.13. The van der Waals surface area contributed by atoms with Crippen molar-refractivity contribution in [1.29, 1.82) is 0 Å². The summed E-state index contributed by atoms with van der Waals surface area (Å²) in [6.45, 7) is 2.19. The fourth-order valence-corrected chi connectivity index (χ4v) is 2.45. The van der Waals surface area contributed by atoms with Gasteiger partial charge < -0.3 is 5.73 Å². The maximum absolute atomic E-state index is 6.26. The first-order chi connectivity index (χ1) is 9.20. The molecule has 0 bridgehead atoms. The Labute approximate surface area is 120 Å². The Balaban J connectivity index is 2.07. The van der Waals surface area contributed by atoms with Gasteiger partial charge in [-0.25, -0.2) is 0 Å². The highest BCUT2D eigenvalue weighted by Gasteiger charge is 2.09. The molecule has 0 fully saturated rings. The monoisotopic (exact) mass is 273 g/mol. The second-order valence-electron chi connectivity index (χ2n) is 4.89. The Hall–Kier alpha value is -1.31. The van der Waals surface area contributed by atoms with Crippen LogP contribution >= 0.6 is 11.6 Å². The van der Waals surface area contributed by atoms with Gasteiger partial charge in [0.15, 0.2) is 0 Å². The van der Waals surface area contributed by atoms with E-state index < -0.39 is 0 Å². The summed E-state index contributed by atoms with van der Waals surface area (Å²) < 4.78 is 0.